The number of hydrogen-bond acceptors (Lipinski definition) is 4. The third kappa shape index (κ3) is 4.67. The van der Waals surface area contributed by atoms with Crippen molar-refractivity contribution in [2.24, 2.45) is 5.41 Å². The Morgan fingerprint density at radius 3 is 2.47 bits per heavy atom. The first-order valence-corrected chi connectivity index (χ1v) is 10.7. The van der Waals surface area contributed by atoms with Gasteiger partial charge in [0.1, 0.15) is 23.5 Å². The Bertz CT molecular complexity index is 1040. The van der Waals surface area contributed by atoms with Gasteiger partial charge in [0.15, 0.2) is 5.69 Å². The molecule has 2 aromatic rings. The van der Waals surface area contributed by atoms with Crippen LogP contribution < -0.4 is 10.6 Å². The number of imidazole rings is 1. The number of fused-ring (bicyclic) bond motifs is 1. The van der Waals surface area contributed by atoms with Gasteiger partial charge in [0.05, 0.1) is 11.3 Å². The Morgan fingerprint density at radius 2 is 1.84 bits per heavy atom. The summed E-state index contributed by atoms with van der Waals surface area (Å²) < 4.78 is 30.9. The van der Waals surface area contributed by atoms with Crippen LogP contribution in [-0.4, -0.2) is 52.9 Å². The minimum atomic E-state index is -0.794. The number of aromatic nitrogens is 2. The highest BCUT2D eigenvalue weighted by atomic mass is 19.1. The molecule has 0 unspecified atom stereocenters. The van der Waals surface area contributed by atoms with Crippen molar-refractivity contribution in [2.45, 2.75) is 53.2 Å². The molecule has 1 aromatic heterocycles. The van der Waals surface area contributed by atoms with Crippen molar-refractivity contribution in [1.82, 2.24) is 25.1 Å². The number of benzene rings is 1. The minimum absolute atomic E-state index is 0.0108. The summed E-state index contributed by atoms with van der Waals surface area (Å²) in [6, 6.07) is 1.47. The molecule has 0 aliphatic carbocycles. The van der Waals surface area contributed by atoms with E-state index in [1.165, 1.54) is 14.0 Å². The van der Waals surface area contributed by atoms with Crippen LogP contribution in [0.5, 0.6) is 0 Å². The second-order valence-corrected chi connectivity index (χ2v) is 9.44. The summed E-state index contributed by atoms with van der Waals surface area (Å²) in [6.07, 6.45) is 0.771. The van der Waals surface area contributed by atoms with Crippen molar-refractivity contribution < 1.29 is 18.4 Å². The summed E-state index contributed by atoms with van der Waals surface area (Å²) in [6.45, 7) is 8.77. The van der Waals surface area contributed by atoms with Crippen LogP contribution in [0.1, 0.15) is 48.9 Å². The predicted molar refractivity (Wildman–Crippen MR) is 118 cm³/mol. The summed E-state index contributed by atoms with van der Waals surface area (Å²) in [5, 5.41) is 5.38. The SMILES string of the molecule is CNC(=O)[C@@H](NC(=O)c1nc(-c2cc(F)c(C)cc2F)n2c1CN(C)CCC2)C(C)(C)C. The van der Waals surface area contributed by atoms with Crippen LogP contribution >= 0.6 is 0 Å². The van der Waals surface area contributed by atoms with Gasteiger partial charge in [-0.15, -0.1) is 0 Å². The zero-order valence-corrected chi connectivity index (χ0v) is 19.5. The van der Waals surface area contributed by atoms with E-state index < -0.39 is 29.0 Å². The third-order valence-corrected chi connectivity index (χ3v) is 5.77. The van der Waals surface area contributed by atoms with Gasteiger partial charge in [0.2, 0.25) is 5.91 Å². The van der Waals surface area contributed by atoms with Gasteiger partial charge in [-0.05, 0) is 50.0 Å². The number of rotatable bonds is 4. The van der Waals surface area contributed by atoms with E-state index in [0.29, 0.717) is 18.8 Å². The zero-order chi connectivity index (χ0) is 23.8. The van der Waals surface area contributed by atoms with Gasteiger partial charge in [-0.25, -0.2) is 13.8 Å². The maximum atomic E-state index is 14.8. The van der Waals surface area contributed by atoms with Crippen molar-refractivity contribution in [3.63, 3.8) is 0 Å². The summed E-state index contributed by atoms with van der Waals surface area (Å²) in [5.74, 6) is -1.77. The number of likely N-dealkylation sites (N-methyl/N-ethyl adjacent to an activating group) is 1. The number of nitrogens with zero attached hydrogens (tertiary/aromatic N) is 3. The molecule has 174 valence electrons. The molecule has 2 amide bonds. The van der Waals surface area contributed by atoms with E-state index in [-0.39, 0.29) is 28.6 Å². The molecule has 1 aliphatic heterocycles. The zero-order valence-electron chi connectivity index (χ0n) is 19.5. The van der Waals surface area contributed by atoms with Crippen LogP contribution in [0.15, 0.2) is 12.1 Å². The van der Waals surface area contributed by atoms with Gasteiger partial charge in [-0.2, -0.15) is 0 Å². The van der Waals surface area contributed by atoms with Crippen LogP contribution in [0.25, 0.3) is 11.4 Å². The number of hydrogen-bond donors (Lipinski definition) is 2. The van der Waals surface area contributed by atoms with Crippen molar-refractivity contribution in [3.05, 3.63) is 40.7 Å². The van der Waals surface area contributed by atoms with Crippen molar-refractivity contribution in [3.8, 4) is 11.4 Å². The van der Waals surface area contributed by atoms with E-state index in [1.807, 2.05) is 32.7 Å². The lowest BCUT2D eigenvalue weighted by atomic mass is 9.86. The maximum Gasteiger partial charge on any atom is 0.272 e. The molecule has 32 heavy (non-hydrogen) atoms. The second kappa shape index (κ2) is 8.97. The summed E-state index contributed by atoms with van der Waals surface area (Å²) in [4.78, 5) is 32.2. The maximum absolute atomic E-state index is 14.8. The van der Waals surface area contributed by atoms with E-state index in [4.69, 9.17) is 0 Å². The second-order valence-electron chi connectivity index (χ2n) is 9.44. The lowest BCUT2D eigenvalue weighted by Crippen LogP contribution is -2.53. The molecular formula is C23H31F2N5O2. The fourth-order valence-corrected chi connectivity index (χ4v) is 3.95. The molecule has 1 atom stereocenters. The highest BCUT2D eigenvalue weighted by Gasteiger charge is 2.35. The Hall–Kier alpha value is -2.81. The normalized spacial score (nSPS) is 15.6. The Labute approximate surface area is 187 Å². The molecule has 0 radical (unpaired) electrons. The fraction of sp³-hybridized carbons (Fsp3) is 0.522. The molecule has 0 saturated heterocycles. The van der Waals surface area contributed by atoms with E-state index in [9.17, 15) is 18.4 Å². The number of amides is 2. The van der Waals surface area contributed by atoms with Gasteiger partial charge < -0.3 is 20.1 Å². The standard InChI is InChI=1S/C23H31F2N5O2/c1-13-10-16(25)14(11-15(13)24)20-27-18(17-12-29(6)8-7-9-30(17)20)21(31)28-19(22(32)26-5)23(2,3)4/h10-11,19H,7-9,12H2,1-6H3,(H,26,32)(H,28,31)/t19-/m1/s1. The number of halogens is 2. The molecule has 0 fully saturated rings. The molecule has 3 rings (SSSR count). The lowest BCUT2D eigenvalue weighted by Gasteiger charge is -2.29. The lowest BCUT2D eigenvalue weighted by molar-refractivity contribution is -0.124. The Morgan fingerprint density at radius 1 is 1.16 bits per heavy atom. The molecule has 0 saturated carbocycles. The molecule has 2 heterocycles. The Balaban J connectivity index is 2.12. The van der Waals surface area contributed by atoms with Gasteiger partial charge in [0.25, 0.3) is 5.91 Å². The van der Waals surface area contributed by atoms with Crippen LogP contribution in [0.3, 0.4) is 0 Å². The molecule has 0 spiro atoms. The smallest absolute Gasteiger partial charge is 0.272 e. The van der Waals surface area contributed by atoms with E-state index in [0.717, 1.165) is 25.1 Å². The van der Waals surface area contributed by atoms with Gasteiger partial charge in [-0.3, -0.25) is 9.59 Å². The topological polar surface area (TPSA) is 79.3 Å². The Kier molecular flexibility index (Phi) is 6.69. The average Bonchev–Trinajstić information content (AvgIpc) is 2.93. The largest absolute Gasteiger partial charge is 0.357 e. The van der Waals surface area contributed by atoms with Crippen LogP contribution in [0.4, 0.5) is 8.78 Å². The van der Waals surface area contributed by atoms with E-state index >= 15 is 0 Å². The molecule has 7 nitrogen and oxygen atoms in total. The van der Waals surface area contributed by atoms with E-state index in [2.05, 4.69) is 15.6 Å². The monoisotopic (exact) mass is 447 g/mol. The number of nitrogens with one attached hydrogen (secondary N) is 2. The summed E-state index contributed by atoms with van der Waals surface area (Å²) in [5.41, 5.74) is 0.398. The predicted octanol–water partition coefficient (Wildman–Crippen LogP) is 2.86. The van der Waals surface area contributed by atoms with Crippen LogP contribution in [0.2, 0.25) is 0 Å². The molecule has 0 bridgehead atoms. The minimum Gasteiger partial charge on any atom is -0.357 e. The van der Waals surface area contributed by atoms with Gasteiger partial charge >= 0.3 is 0 Å². The molecule has 1 aromatic carbocycles. The molecule has 9 heteroatoms. The van der Waals surface area contributed by atoms with Crippen molar-refractivity contribution >= 4 is 11.8 Å². The van der Waals surface area contributed by atoms with Crippen LogP contribution in [-0.2, 0) is 17.9 Å². The first kappa shape index (κ1) is 23.8. The quantitative estimate of drug-likeness (QED) is 0.756. The van der Waals surface area contributed by atoms with E-state index in [1.54, 1.807) is 4.57 Å². The number of carbonyl (C=O) groups is 2. The van der Waals surface area contributed by atoms with Gasteiger partial charge in [0, 0.05) is 20.1 Å². The van der Waals surface area contributed by atoms with Gasteiger partial charge in [-0.1, -0.05) is 20.8 Å². The van der Waals surface area contributed by atoms with Crippen molar-refractivity contribution in [2.75, 3.05) is 20.6 Å². The molecular weight excluding hydrogens is 416 g/mol. The average molecular weight is 448 g/mol. The summed E-state index contributed by atoms with van der Waals surface area (Å²) in [7, 11) is 3.44. The number of aryl methyl sites for hydroxylation is 1. The van der Waals surface area contributed by atoms with Crippen molar-refractivity contribution in [1.29, 1.82) is 0 Å². The first-order valence-electron chi connectivity index (χ1n) is 10.7. The van der Waals surface area contributed by atoms with Crippen LogP contribution in [0, 0.1) is 24.0 Å². The highest BCUT2D eigenvalue weighted by Crippen LogP contribution is 2.30. The highest BCUT2D eigenvalue weighted by molar-refractivity contribution is 5.97. The fourth-order valence-electron chi connectivity index (χ4n) is 3.95. The molecule has 2 N–H and O–H groups in total. The first-order chi connectivity index (χ1) is 14.9. The third-order valence-electron chi connectivity index (χ3n) is 5.77. The molecule has 1 aliphatic rings. The summed E-state index contributed by atoms with van der Waals surface area (Å²) >= 11 is 0. The number of carbonyl (C=O) groups excluding carboxylic acids is 2.